The van der Waals surface area contributed by atoms with E-state index in [2.05, 4.69) is 59.5 Å². The Morgan fingerprint density at radius 3 is 2.32 bits per heavy atom. The van der Waals surface area contributed by atoms with Crippen LogP contribution in [-0.4, -0.2) is 31.5 Å². The van der Waals surface area contributed by atoms with Crippen LogP contribution in [0, 0.1) is 0 Å². The molecule has 0 saturated carbocycles. The van der Waals surface area contributed by atoms with Gasteiger partial charge in [-0.05, 0) is 45.5 Å². The van der Waals surface area contributed by atoms with Gasteiger partial charge in [-0.25, -0.2) is 0 Å². The van der Waals surface area contributed by atoms with Crippen LogP contribution in [0.2, 0.25) is 0 Å². The second kappa shape index (κ2) is 10.4. The predicted octanol–water partition coefficient (Wildman–Crippen LogP) is 3.55. The number of halogens is 1. The molecule has 1 aromatic rings. The molecule has 0 aliphatic rings. The lowest BCUT2D eigenvalue weighted by Gasteiger charge is -2.20. The van der Waals surface area contributed by atoms with Crippen molar-refractivity contribution in [2.24, 2.45) is 0 Å². The number of nitrogens with one attached hydrogen (secondary N) is 2. The van der Waals surface area contributed by atoms with Crippen LogP contribution in [0.25, 0.3) is 0 Å². The van der Waals surface area contributed by atoms with Gasteiger partial charge in [0.15, 0.2) is 0 Å². The first-order chi connectivity index (χ1) is 11.7. The maximum atomic E-state index is 11.7. The van der Waals surface area contributed by atoms with Crippen LogP contribution in [0.15, 0.2) is 22.7 Å². The van der Waals surface area contributed by atoms with Crippen LogP contribution in [-0.2, 0) is 15.0 Å². The first kappa shape index (κ1) is 21.5. The summed E-state index contributed by atoms with van der Waals surface area (Å²) in [5.41, 5.74) is 1.33. The highest BCUT2D eigenvalue weighted by molar-refractivity contribution is 9.10. The van der Waals surface area contributed by atoms with Crippen molar-refractivity contribution in [1.82, 2.24) is 10.6 Å². The molecule has 6 heteroatoms. The summed E-state index contributed by atoms with van der Waals surface area (Å²) in [4.78, 5) is 22.8. The molecule has 2 N–H and O–H groups in total. The molecule has 0 saturated heterocycles. The van der Waals surface area contributed by atoms with Gasteiger partial charge in [0.25, 0.3) is 0 Å². The minimum Gasteiger partial charge on any atom is -0.492 e. The van der Waals surface area contributed by atoms with E-state index in [1.54, 1.807) is 6.92 Å². The number of amides is 2. The number of carbonyl (C=O) groups is 2. The fourth-order valence-electron chi connectivity index (χ4n) is 2.12. The van der Waals surface area contributed by atoms with Crippen LogP contribution >= 0.6 is 15.9 Å². The van der Waals surface area contributed by atoms with E-state index >= 15 is 0 Å². The summed E-state index contributed by atoms with van der Waals surface area (Å²) in [6.45, 7) is 9.69. The van der Waals surface area contributed by atoms with Crippen LogP contribution in [0.1, 0.15) is 52.5 Å². The molecular formula is C19H29BrN2O3. The van der Waals surface area contributed by atoms with Crippen LogP contribution in [0.5, 0.6) is 5.75 Å². The first-order valence-corrected chi connectivity index (χ1v) is 9.49. The quantitative estimate of drug-likeness (QED) is 0.609. The summed E-state index contributed by atoms with van der Waals surface area (Å²) in [5.74, 6) is 0.748. The summed E-state index contributed by atoms with van der Waals surface area (Å²) in [6.07, 6.45) is 1.50. The third kappa shape index (κ3) is 8.38. The Hall–Kier alpha value is -1.56. The van der Waals surface area contributed by atoms with Gasteiger partial charge in [-0.3, -0.25) is 9.59 Å². The average molecular weight is 413 g/mol. The molecule has 0 fully saturated rings. The smallest absolute Gasteiger partial charge is 0.220 e. The highest BCUT2D eigenvalue weighted by Crippen LogP contribution is 2.31. The molecule has 0 atom stereocenters. The molecule has 0 radical (unpaired) electrons. The Kier molecular flexibility index (Phi) is 8.97. The first-order valence-electron chi connectivity index (χ1n) is 8.70. The van der Waals surface area contributed by atoms with Gasteiger partial charge in [0, 0.05) is 25.9 Å². The molecule has 0 bridgehead atoms. The summed E-state index contributed by atoms with van der Waals surface area (Å²) in [6, 6.07) is 6.10. The number of hydrogen-bond acceptors (Lipinski definition) is 3. The van der Waals surface area contributed by atoms with Gasteiger partial charge in [0.1, 0.15) is 5.75 Å². The molecule has 25 heavy (non-hydrogen) atoms. The zero-order valence-electron chi connectivity index (χ0n) is 15.6. The number of ether oxygens (including phenoxy) is 1. The van der Waals surface area contributed by atoms with E-state index in [9.17, 15) is 9.59 Å². The lowest BCUT2D eigenvalue weighted by atomic mass is 9.87. The Morgan fingerprint density at radius 2 is 1.76 bits per heavy atom. The number of benzene rings is 1. The van der Waals surface area contributed by atoms with E-state index < -0.39 is 0 Å². The zero-order valence-corrected chi connectivity index (χ0v) is 17.2. The molecule has 1 rings (SSSR count). The lowest BCUT2D eigenvalue weighted by Crippen LogP contribution is -2.34. The van der Waals surface area contributed by atoms with Gasteiger partial charge >= 0.3 is 0 Å². The molecule has 140 valence electrons. The van der Waals surface area contributed by atoms with Crippen molar-refractivity contribution in [3.05, 3.63) is 28.2 Å². The Labute approximate surface area is 159 Å². The van der Waals surface area contributed by atoms with Crippen molar-refractivity contribution in [2.75, 3.05) is 19.7 Å². The summed E-state index contributed by atoms with van der Waals surface area (Å²) in [5, 5.41) is 5.49. The molecule has 0 aliphatic carbocycles. The van der Waals surface area contributed by atoms with Gasteiger partial charge in [-0.2, -0.15) is 0 Å². The largest absolute Gasteiger partial charge is 0.492 e. The normalized spacial score (nSPS) is 11.1. The number of rotatable bonds is 9. The second-order valence-corrected chi connectivity index (χ2v) is 7.76. The Bertz CT molecular complexity index is 583. The second-order valence-electron chi connectivity index (χ2n) is 6.90. The number of carbonyl (C=O) groups excluding carboxylic acids is 2. The lowest BCUT2D eigenvalue weighted by molar-refractivity contribution is -0.122. The topological polar surface area (TPSA) is 67.4 Å². The van der Waals surface area contributed by atoms with Crippen LogP contribution < -0.4 is 15.4 Å². The summed E-state index contributed by atoms with van der Waals surface area (Å²) >= 11 is 3.54. The van der Waals surface area contributed by atoms with Crippen LogP contribution in [0.3, 0.4) is 0 Å². The van der Waals surface area contributed by atoms with Gasteiger partial charge in [-0.1, -0.05) is 33.8 Å². The summed E-state index contributed by atoms with van der Waals surface area (Å²) in [7, 11) is 0. The van der Waals surface area contributed by atoms with E-state index in [1.807, 2.05) is 6.07 Å². The molecule has 0 spiro atoms. The van der Waals surface area contributed by atoms with Crippen molar-refractivity contribution in [2.45, 2.75) is 52.4 Å². The van der Waals surface area contributed by atoms with Crippen LogP contribution in [0.4, 0.5) is 0 Å². The highest BCUT2D eigenvalue weighted by Gasteiger charge is 2.15. The fraction of sp³-hybridized carbons (Fsp3) is 0.579. The van der Waals surface area contributed by atoms with Crippen molar-refractivity contribution in [3.63, 3.8) is 0 Å². The van der Waals surface area contributed by atoms with E-state index in [0.717, 1.165) is 10.2 Å². The zero-order chi connectivity index (χ0) is 18.9. The number of hydrogen-bond donors (Lipinski definition) is 2. The minimum absolute atomic E-state index is 0.00861. The van der Waals surface area contributed by atoms with Crippen molar-refractivity contribution in [3.8, 4) is 5.75 Å². The molecule has 1 aromatic carbocycles. The standard InChI is InChI=1S/C19H29BrN2O3/c1-5-17(23)21-10-11-22-18(24)7-6-12-25-16-9-8-14(13-15(16)20)19(2,3)4/h8-9,13H,5-7,10-12H2,1-4H3,(H,21,23)(H,22,24). The monoisotopic (exact) mass is 412 g/mol. The fourth-order valence-corrected chi connectivity index (χ4v) is 2.61. The van der Waals surface area contributed by atoms with E-state index in [0.29, 0.717) is 39.0 Å². The molecule has 0 aliphatic heterocycles. The average Bonchev–Trinajstić information content (AvgIpc) is 2.55. The van der Waals surface area contributed by atoms with Crippen molar-refractivity contribution < 1.29 is 14.3 Å². The molecule has 0 heterocycles. The molecule has 0 unspecified atom stereocenters. The third-order valence-electron chi connectivity index (χ3n) is 3.69. The van der Waals surface area contributed by atoms with Gasteiger partial charge in [0.2, 0.25) is 11.8 Å². The highest BCUT2D eigenvalue weighted by atomic mass is 79.9. The molecule has 5 nitrogen and oxygen atoms in total. The van der Waals surface area contributed by atoms with Crippen molar-refractivity contribution >= 4 is 27.7 Å². The van der Waals surface area contributed by atoms with Gasteiger partial charge in [-0.15, -0.1) is 0 Å². The molecular weight excluding hydrogens is 384 g/mol. The minimum atomic E-state index is -0.0310. The molecule has 0 aromatic heterocycles. The van der Waals surface area contributed by atoms with E-state index in [1.165, 1.54) is 5.56 Å². The Balaban J connectivity index is 2.25. The maximum absolute atomic E-state index is 11.7. The van der Waals surface area contributed by atoms with E-state index in [-0.39, 0.29) is 17.2 Å². The van der Waals surface area contributed by atoms with E-state index in [4.69, 9.17) is 4.74 Å². The maximum Gasteiger partial charge on any atom is 0.220 e. The van der Waals surface area contributed by atoms with Gasteiger partial charge < -0.3 is 15.4 Å². The SMILES string of the molecule is CCC(=O)NCCNC(=O)CCCOc1ccc(C(C)(C)C)cc1Br. The van der Waals surface area contributed by atoms with Gasteiger partial charge in [0.05, 0.1) is 11.1 Å². The third-order valence-corrected chi connectivity index (χ3v) is 4.31. The predicted molar refractivity (Wildman–Crippen MR) is 104 cm³/mol. The Morgan fingerprint density at radius 1 is 1.12 bits per heavy atom. The summed E-state index contributed by atoms with van der Waals surface area (Å²) < 4.78 is 6.67. The van der Waals surface area contributed by atoms with Crippen molar-refractivity contribution in [1.29, 1.82) is 0 Å². The molecule has 2 amide bonds.